The highest BCUT2D eigenvalue weighted by molar-refractivity contribution is 6.23. The molecule has 0 radical (unpaired) electrons. The molecular formula is C51H42N4O8. The molecule has 2 unspecified atom stereocenters. The van der Waals surface area contributed by atoms with Gasteiger partial charge in [-0.1, -0.05) is 72.8 Å². The number of rotatable bonds is 8. The first-order valence-corrected chi connectivity index (χ1v) is 21.2. The second-order valence-corrected chi connectivity index (χ2v) is 16.7. The minimum absolute atomic E-state index is 0.0172. The Morgan fingerprint density at radius 3 is 2.13 bits per heavy atom. The molecule has 0 spiro atoms. The van der Waals surface area contributed by atoms with Crippen LogP contribution in [0.3, 0.4) is 0 Å². The smallest absolute Gasteiger partial charge is 0.262 e. The monoisotopic (exact) mass is 838 g/mol. The van der Waals surface area contributed by atoms with Crippen molar-refractivity contribution < 1.29 is 38.6 Å². The standard InChI is InChI=1S/C51H42N4O8/c56-37-15-19-41-34(24-37)14-18-40(31-5-2-1-3-6-31)47(41)32-12-16-38(17-13-32)63-39-7-4-22-53(29-39)46(58)23-30-8-10-33(11-9-30)49(60)54-27-35-25-42-43(26-36(35)28-54)51(62)55(50(42)61)44-20-21-45(57)52-48(44)59/h1-3,5-6,8-19,24-26,39,44,56H,4,7,20-23,27-29H2,(H,52,57,59). The number of benzene rings is 6. The molecule has 2 N–H and O–H groups in total. The number of carbonyl (C=O) groups is 6. The molecule has 2 fully saturated rings. The molecule has 314 valence electrons. The molecule has 6 aromatic rings. The Labute approximate surface area is 362 Å². The maximum absolute atomic E-state index is 13.6. The van der Waals surface area contributed by atoms with E-state index in [0.29, 0.717) is 18.7 Å². The lowest BCUT2D eigenvalue weighted by Crippen LogP contribution is -2.54. The number of hydrogen-bond donors (Lipinski definition) is 2. The zero-order valence-electron chi connectivity index (χ0n) is 34.2. The lowest BCUT2D eigenvalue weighted by Gasteiger charge is -2.33. The van der Waals surface area contributed by atoms with Crippen LogP contribution in [0.2, 0.25) is 0 Å². The number of nitrogens with zero attached hydrogens (tertiary/aromatic N) is 3. The van der Waals surface area contributed by atoms with Gasteiger partial charge in [0.25, 0.3) is 17.7 Å². The van der Waals surface area contributed by atoms with Crippen LogP contribution in [0.25, 0.3) is 33.0 Å². The Morgan fingerprint density at radius 2 is 1.43 bits per heavy atom. The van der Waals surface area contributed by atoms with E-state index >= 15 is 0 Å². The molecule has 4 aliphatic heterocycles. The molecule has 0 aromatic heterocycles. The molecule has 0 bridgehead atoms. The molecule has 2 atom stereocenters. The van der Waals surface area contributed by atoms with Crippen molar-refractivity contribution in [1.29, 1.82) is 0 Å². The number of piperidine rings is 2. The predicted molar refractivity (Wildman–Crippen MR) is 234 cm³/mol. The lowest BCUT2D eigenvalue weighted by molar-refractivity contribution is -0.136. The molecule has 63 heavy (non-hydrogen) atoms. The van der Waals surface area contributed by atoms with Crippen molar-refractivity contribution in [3.05, 3.63) is 155 Å². The van der Waals surface area contributed by atoms with Gasteiger partial charge >= 0.3 is 0 Å². The molecular weight excluding hydrogens is 797 g/mol. The highest BCUT2D eigenvalue weighted by Crippen LogP contribution is 2.40. The molecule has 12 heteroatoms. The molecule has 4 heterocycles. The normalized spacial score (nSPS) is 18.4. The van der Waals surface area contributed by atoms with Gasteiger partial charge < -0.3 is 19.6 Å². The fourth-order valence-electron chi connectivity index (χ4n) is 9.39. The highest BCUT2D eigenvalue weighted by Gasteiger charge is 2.45. The van der Waals surface area contributed by atoms with Crippen molar-refractivity contribution in [1.82, 2.24) is 20.0 Å². The molecule has 6 amide bonds. The van der Waals surface area contributed by atoms with Crippen LogP contribution in [0.5, 0.6) is 11.5 Å². The second-order valence-electron chi connectivity index (χ2n) is 16.7. The fraction of sp³-hybridized carbons (Fsp3) is 0.216. The van der Waals surface area contributed by atoms with E-state index in [1.165, 1.54) is 0 Å². The Kier molecular flexibility index (Phi) is 10.1. The third-order valence-electron chi connectivity index (χ3n) is 12.6. The summed E-state index contributed by atoms with van der Waals surface area (Å²) in [4.78, 5) is 82.4. The minimum atomic E-state index is -1.04. The minimum Gasteiger partial charge on any atom is -0.508 e. The van der Waals surface area contributed by atoms with Crippen molar-refractivity contribution >= 4 is 46.2 Å². The summed E-state index contributed by atoms with van der Waals surface area (Å²) >= 11 is 0. The van der Waals surface area contributed by atoms with Crippen LogP contribution < -0.4 is 10.1 Å². The fourth-order valence-corrected chi connectivity index (χ4v) is 9.39. The van der Waals surface area contributed by atoms with Gasteiger partial charge in [0.1, 0.15) is 23.6 Å². The Morgan fingerprint density at radius 1 is 0.714 bits per heavy atom. The van der Waals surface area contributed by atoms with E-state index in [0.717, 1.165) is 73.2 Å². The van der Waals surface area contributed by atoms with Crippen molar-refractivity contribution in [2.24, 2.45) is 0 Å². The molecule has 6 aromatic carbocycles. The van der Waals surface area contributed by atoms with Crippen LogP contribution >= 0.6 is 0 Å². The van der Waals surface area contributed by atoms with Gasteiger partial charge in [-0.2, -0.15) is 0 Å². The van der Waals surface area contributed by atoms with E-state index in [1.54, 1.807) is 53.4 Å². The number of ether oxygens (including phenoxy) is 1. The van der Waals surface area contributed by atoms with Crippen LogP contribution in [0.15, 0.2) is 121 Å². The second kappa shape index (κ2) is 16.0. The van der Waals surface area contributed by atoms with E-state index in [2.05, 4.69) is 35.6 Å². The van der Waals surface area contributed by atoms with Crippen molar-refractivity contribution in [3.8, 4) is 33.8 Å². The van der Waals surface area contributed by atoms with E-state index in [-0.39, 0.29) is 67.1 Å². The predicted octanol–water partition coefficient (Wildman–Crippen LogP) is 7.05. The first-order valence-electron chi connectivity index (χ1n) is 21.2. The van der Waals surface area contributed by atoms with Gasteiger partial charge in [-0.25, -0.2) is 0 Å². The molecule has 0 saturated carbocycles. The summed E-state index contributed by atoms with van der Waals surface area (Å²) in [6.07, 6.45) is 1.77. The van der Waals surface area contributed by atoms with Gasteiger partial charge in [0.05, 0.1) is 24.1 Å². The Hall–Kier alpha value is -7.60. The molecule has 4 aliphatic rings. The maximum atomic E-state index is 13.6. The summed E-state index contributed by atoms with van der Waals surface area (Å²) < 4.78 is 6.45. The van der Waals surface area contributed by atoms with Gasteiger partial charge in [-0.05, 0) is 118 Å². The van der Waals surface area contributed by atoms with E-state index in [1.807, 2.05) is 47.4 Å². The highest BCUT2D eigenvalue weighted by atomic mass is 16.5. The number of phenols is 1. The number of aromatic hydroxyl groups is 1. The largest absolute Gasteiger partial charge is 0.508 e. The Balaban J connectivity index is 0.756. The van der Waals surface area contributed by atoms with Gasteiger partial charge in [0, 0.05) is 31.6 Å². The SMILES string of the molecule is O=C1CCC(N2C(=O)c3cc4c(cc3C2=O)CN(C(=O)c2ccc(CC(=O)N3CCCC(Oc5ccc(-c6c(-c7ccccc7)ccc7cc(O)ccc67)cc5)C3)cc2)C4)C(=O)N1. The van der Waals surface area contributed by atoms with E-state index < -0.39 is 29.7 Å². The maximum Gasteiger partial charge on any atom is 0.262 e. The zero-order valence-corrected chi connectivity index (χ0v) is 34.2. The summed E-state index contributed by atoms with van der Waals surface area (Å²) in [6.45, 7) is 1.59. The molecule has 2 saturated heterocycles. The van der Waals surface area contributed by atoms with E-state index in [4.69, 9.17) is 4.74 Å². The summed E-state index contributed by atoms with van der Waals surface area (Å²) in [6, 6.07) is 37.1. The molecule has 12 nitrogen and oxygen atoms in total. The quantitative estimate of drug-likeness (QED) is 0.155. The number of amides is 6. The van der Waals surface area contributed by atoms with Gasteiger partial charge in [-0.15, -0.1) is 0 Å². The number of fused-ring (bicyclic) bond motifs is 3. The topological polar surface area (TPSA) is 154 Å². The van der Waals surface area contributed by atoms with Crippen LogP contribution in [-0.4, -0.2) is 80.5 Å². The molecule has 10 rings (SSSR count). The number of imide groups is 2. The van der Waals surface area contributed by atoms with Crippen molar-refractivity contribution in [2.75, 3.05) is 13.1 Å². The van der Waals surface area contributed by atoms with E-state index in [9.17, 15) is 33.9 Å². The van der Waals surface area contributed by atoms with Crippen LogP contribution in [-0.2, 0) is 33.9 Å². The first kappa shape index (κ1) is 39.5. The molecule has 0 aliphatic carbocycles. The number of likely N-dealkylation sites (tertiary alicyclic amines) is 1. The number of phenolic OH excluding ortho intramolecular Hbond substituents is 1. The number of hydrogen-bond acceptors (Lipinski definition) is 8. The average molecular weight is 839 g/mol. The number of carbonyl (C=O) groups excluding carboxylic acids is 6. The summed E-state index contributed by atoms with van der Waals surface area (Å²) in [7, 11) is 0. The average Bonchev–Trinajstić information content (AvgIpc) is 3.82. The van der Waals surface area contributed by atoms with Crippen molar-refractivity contribution in [2.45, 2.75) is 57.3 Å². The third-order valence-corrected chi connectivity index (χ3v) is 12.6. The lowest BCUT2D eigenvalue weighted by atomic mass is 9.89. The van der Waals surface area contributed by atoms with Gasteiger partial charge in [0.2, 0.25) is 17.7 Å². The van der Waals surface area contributed by atoms with Gasteiger partial charge in [0.15, 0.2) is 0 Å². The van der Waals surface area contributed by atoms with Crippen LogP contribution in [0.4, 0.5) is 0 Å². The van der Waals surface area contributed by atoms with Crippen LogP contribution in [0.1, 0.15) is 73.4 Å². The first-order chi connectivity index (χ1) is 30.6. The number of nitrogens with one attached hydrogen (secondary N) is 1. The zero-order chi connectivity index (χ0) is 43.4. The summed E-state index contributed by atoms with van der Waals surface area (Å²) in [5.41, 5.74) is 7.39. The summed E-state index contributed by atoms with van der Waals surface area (Å²) in [5, 5.41) is 14.4. The van der Waals surface area contributed by atoms with Crippen molar-refractivity contribution in [3.63, 3.8) is 0 Å². The van der Waals surface area contributed by atoms with Gasteiger partial charge in [-0.3, -0.25) is 39.0 Å². The summed E-state index contributed by atoms with van der Waals surface area (Å²) in [5.74, 6) is -1.55. The van der Waals surface area contributed by atoms with Crippen LogP contribution in [0, 0.1) is 0 Å². The Bertz CT molecular complexity index is 2830. The third kappa shape index (κ3) is 7.47.